The van der Waals surface area contributed by atoms with Gasteiger partial charge < -0.3 is 5.32 Å². The van der Waals surface area contributed by atoms with Crippen molar-refractivity contribution in [1.82, 2.24) is 4.98 Å². The van der Waals surface area contributed by atoms with E-state index in [0.717, 1.165) is 21.5 Å². The number of nitrogens with zero attached hydrogens (tertiary/aromatic N) is 1. The van der Waals surface area contributed by atoms with E-state index in [1.165, 1.54) is 0 Å². The summed E-state index contributed by atoms with van der Waals surface area (Å²) in [6.45, 7) is 0.580. The van der Waals surface area contributed by atoms with E-state index < -0.39 is 0 Å². The number of fused-ring (bicyclic) bond motifs is 1. The van der Waals surface area contributed by atoms with Crippen molar-refractivity contribution >= 4 is 62.0 Å². The van der Waals surface area contributed by atoms with Crippen LogP contribution in [0.1, 0.15) is 5.56 Å². The summed E-state index contributed by atoms with van der Waals surface area (Å²) >= 11 is 19.8. The van der Waals surface area contributed by atoms with Gasteiger partial charge in [0.25, 0.3) is 0 Å². The third-order valence-corrected chi connectivity index (χ3v) is 4.39. The van der Waals surface area contributed by atoms with Crippen LogP contribution in [0.4, 0.5) is 5.69 Å². The minimum atomic E-state index is 0.580. The zero-order chi connectivity index (χ0) is 14.1. The number of aromatic nitrogens is 1. The molecule has 20 heavy (non-hydrogen) atoms. The van der Waals surface area contributed by atoms with Crippen molar-refractivity contribution in [2.45, 2.75) is 6.54 Å². The number of nitrogens with one attached hydrogen (secondary N) is 1. The Morgan fingerprint density at radius 1 is 1.05 bits per heavy atom. The number of anilines is 1. The number of benzene rings is 2. The first-order valence-electron chi connectivity index (χ1n) is 5.84. The molecule has 1 aromatic heterocycles. The fraction of sp³-hybridized carbons (Fsp3) is 0.0714. The van der Waals surface area contributed by atoms with Crippen LogP contribution >= 0.6 is 46.1 Å². The van der Waals surface area contributed by atoms with Crippen molar-refractivity contribution in [1.29, 1.82) is 0 Å². The highest BCUT2D eigenvalue weighted by atomic mass is 35.5. The van der Waals surface area contributed by atoms with Crippen LogP contribution in [0.25, 0.3) is 10.2 Å². The van der Waals surface area contributed by atoms with E-state index in [1.54, 1.807) is 17.4 Å². The molecule has 0 aliphatic carbocycles. The number of hydrogen-bond acceptors (Lipinski definition) is 3. The summed E-state index contributed by atoms with van der Waals surface area (Å²) in [7, 11) is 0. The van der Waals surface area contributed by atoms with E-state index in [4.69, 9.17) is 34.8 Å². The summed E-state index contributed by atoms with van der Waals surface area (Å²) in [6.07, 6.45) is 0. The van der Waals surface area contributed by atoms with Crippen LogP contribution in [-0.2, 0) is 6.54 Å². The molecule has 0 saturated carbocycles. The molecule has 1 N–H and O–H groups in total. The van der Waals surface area contributed by atoms with Gasteiger partial charge in [0.15, 0.2) is 0 Å². The standard InChI is InChI=1S/C14H9Cl3N2S/c15-9-3-8(4-10(16)5-9)6-18-13-11(17)1-2-12-14(13)19-7-20-12/h1-5,7,18H,6H2. The van der Waals surface area contributed by atoms with E-state index in [1.807, 2.05) is 29.8 Å². The normalized spacial score (nSPS) is 10.9. The van der Waals surface area contributed by atoms with Crippen LogP contribution in [0.2, 0.25) is 15.1 Å². The summed E-state index contributed by atoms with van der Waals surface area (Å²) in [6, 6.07) is 9.29. The summed E-state index contributed by atoms with van der Waals surface area (Å²) < 4.78 is 1.10. The van der Waals surface area contributed by atoms with Gasteiger partial charge >= 0.3 is 0 Å². The second-order valence-electron chi connectivity index (χ2n) is 4.25. The van der Waals surface area contributed by atoms with E-state index >= 15 is 0 Å². The van der Waals surface area contributed by atoms with Crippen LogP contribution < -0.4 is 5.32 Å². The molecule has 0 aliphatic rings. The highest BCUT2D eigenvalue weighted by molar-refractivity contribution is 7.16. The van der Waals surface area contributed by atoms with Crippen molar-refractivity contribution in [3.8, 4) is 0 Å². The molecule has 6 heteroatoms. The minimum absolute atomic E-state index is 0.580. The van der Waals surface area contributed by atoms with Crippen molar-refractivity contribution in [3.63, 3.8) is 0 Å². The van der Waals surface area contributed by atoms with Crippen LogP contribution in [0.3, 0.4) is 0 Å². The molecule has 0 bridgehead atoms. The van der Waals surface area contributed by atoms with Gasteiger partial charge in [-0.15, -0.1) is 11.3 Å². The summed E-state index contributed by atoms with van der Waals surface area (Å²) in [4.78, 5) is 4.35. The monoisotopic (exact) mass is 342 g/mol. The second kappa shape index (κ2) is 5.78. The fourth-order valence-corrected chi connectivity index (χ4v) is 3.45. The number of hydrogen-bond donors (Lipinski definition) is 1. The Morgan fingerprint density at radius 3 is 2.55 bits per heavy atom. The molecule has 0 amide bonds. The molecule has 0 spiro atoms. The quantitative estimate of drug-likeness (QED) is 0.643. The summed E-state index contributed by atoms with van der Waals surface area (Å²) in [5.41, 5.74) is 4.52. The Balaban J connectivity index is 1.90. The molecule has 1 heterocycles. The maximum Gasteiger partial charge on any atom is 0.106 e. The molecule has 3 aromatic rings. The van der Waals surface area contributed by atoms with Gasteiger partial charge in [-0.2, -0.15) is 0 Å². The highest BCUT2D eigenvalue weighted by Crippen LogP contribution is 2.32. The highest BCUT2D eigenvalue weighted by Gasteiger charge is 2.08. The smallest absolute Gasteiger partial charge is 0.106 e. The molecule has 3 rings (SSSR count). The molecule has 2 aromatic carbocycles. The Kier molecular flexibility index (Phi) is 4.03. The molecule has 0 saturated heterocycles. The number of rotatable bonds is 3. The van der Waals surface area contributed by atoms with Gasteiger partial charge in [-0.25, -0.2) is 4.98 Å². The lowest BCUT2D eigenvalue weighted by Crippen LogP contribution is -2.00. The first kappa shape index (κ1) is 14.0. The van der Waals surface area contributed by atoms with Crippen LogP contribution in [0.15, 0.2) is 35.8 Å². The lowest BCUT2D eigenvalue weighted by Gasteiger charge is -2.10. The van der Waals surface area contributed by atoms with Gasteiger partial charge in [0, 0.05) is 16.6 Å². The molecule has 0 atom stereocenters. The Morgan fingerprint density at radius 2 is 1.80 bits per heavy atom. The van der Waals surface area contributed by atoms with Crippen molar-refractivity contribution in [2.24, 2.45) is 0 Å². The van der Waals surface area contributed by atoms with Gasteiger partial charge in [0.05, 0.1) is 20.9 Å². The van der Waals surface area contributed by atoms with Crippen LogP contribution in [0.5, 0.6) is 0 Å². The van der Waals surface area contributed by atoms with Crippen molar-refractivity contribution in [3.05, 3.63) is 56.5 Å². The Hall–Kier alpha value is -1.00. The summed E-state index contributed by atoms with van der Waals surface area (Å²) in [5, 5.41) is 5.19. The molecule has 102 valence electrons. The largest absolute Gasteiger partial charge is 0.378 e. The average molecular weight is 344 g/mol. The topological polar surface area (TPSA) is 24.9 Å². The zero-order valence-corrected chi connectivity index (χ0v) is 13.2. The van der Waals surface area contributed by atoms with Crippen LogP contribution in [-0.4, -0.2) is 4.98 Å². The lowest BCUT2D eigenvalue weighted by atomic mass is 10.2. The minimum Gasteiger partial charge on any atom is -0.378 e. The number of thiazole rings is 1. The van der Waals surface area contributed by atoms with E-state index in [9.17, 15) is 0 Å². The predicted molar refractivity (Wildman–Crippen MR) is 88.4 cm³/mol. The van der Waals surface area contributed by atoms with Gasteiger partial charge in [0.1, 0.15) is 5.52 Å². The maximum atomic E-state index is 6.24. The average Bonchev–Trinajstić information content (AvgIpc) is 2.85. The molecule has 0 unspecified atom stereocenters. The molecule has 0 radical (unpaired) electrons. The Bertz CT molecular complexity index is 750. The van der Waals surface area contributed by atoms with E-state index in [2.05, 4.69) is 10.3 Å². The molecule has 0 aliphatic heterocycles. The van der Waals surface area contributed by atoms with Crippen LogP contribution in [0, 0.1) is 0 Å². The van der Waals surface area contributed by atoms with Crippen molar-refractivity contribution < 1.29 is 0 Å². The maximum absolute atomic E-state index is 6.24. The lowest BCUT2D eigenvalue weighted by molar-refractivity contribution is 1.15. The molecular weight excluding hydrogens is 335 g/mol. The van der Waals surface area contributed by atoms with Gasteiger partial charge in [-0.05, 0) is 35.9 Å². The second-order valence-corrected chi connectivity index (χ2v) is 6.42. The third kappa shape index (κ3) is 2.86. The molecular formula is C14H9Cl3N2S. The Labute approximate surface area is 135 Å². The van der Waals surface area contributed by atoms with Gasteiger partial charge in [-0.1, -0.05) is 34.8 Å². The summed E-state index contributed by atoms with van der Waals surface area (Å²) in [5.74, 6) is 0. The fourth-order valence-electron chi connectivity index (χ4n) is 1.98. The number of halogens is 3. The van der Waals surface area contributed by atoms with E-state index in [0.29, 0.717) is 21.6 Å². The van der Waals surface area contributed by atoms with Gasteiger partial charge in [-0.3, -0.25) is 0 Å². The first-order valence-corrected chi connectivity index (χ1v) is 7.85. The SMILES string of the molecule is Clc1cc(Cl)cc(CNc2c(Cl)ccc3scnc23)c1. The van der Waals surface area contributed by atoms with Crippen molar-refractivity contribution in [2.75, 3.05) is 5.32 Å². The molecule has 0 fully saturated rings. The zero-order valence-electron chi connectivity index (χ0n) is 10.2. The first-order chi connectivity index (χ1) is 9.63. The molecule has 2 nitrogen and oxygen atoms in total. The van der Waals surface area contributed by atoms with E-state index in [-0.39, 0.29) is 0 Å². The third-order valence-electron chi connectivity index (χ3n) is 2.84. The predicted octanol–water partition coefficient (Wildman–Crippen LogP) is 5.87. The van der Waals surface area contributed by atoms with Gasteiger partial charge in [0.2, 0.25) is 0 Å².